The van der Waals surface area contributed by atoms with E-state index in [1.165, 1.54) is 17.5 Å². The van der Waals surface area contributed by atoms with Crippen molar-refractivity contribution in [3.8, 4) is 0 Å². The van der Waals surface area contributed by atoms with Crippen molar-refractivity contribution >= 4 is 5.91 Å². The first-order valence-corrected chi connectivity index (χ1v) is 8.17. The van der Waals surface area contributed by atoms with Gasteiger partial charge in [0.1, 0.15) is 0 Å². The Bertz CT molecular complexity index is 487. The SMILES string of the molecule is CN(C)C1CCCN(C(=O)C2Cc3ccccc3C2)CC1. The van der Waals surface area contributed by atoms with Gasteiger partial charge >= 0.3 is 0 Å². The Hall–Kier alpha value is -1.35. The first-order valence-electron chi connectivity index (χ1n) is 8.17. The average molecular weight is 286 g/mol. The van der Waals surface area contributed by atoms with Crippen molar-refractivity contribution in [2.45, 2.75) is 38.1 Å². The fourth-order valence-corrected chi connectivity index (χ4v) is 3.81. The van der Waals surface area contributed by atoms with Crippen LogP contribution in [-0.4, -0.2) is 48.9 Å². The van der Waals surface area contributed by atoms with Crippen LogP contribution < -0.4 is 0 Å². The van der Waals surface area contributed by atoms with E-state index in [-0.39, 0.29) is 5.92 Å². The van der Waals surface area contributed by atoms with Crippen LogP contribution in [0, 0.1) is 5.92 Å². The smallest absolute Gasteiger partial charge is 0.226 e. The maximum Gasteiger partial charge on any atom is 0.226 e. The lowest BCUT2D eigenvalue weighted by atomic mass is 10.0. The highest BCUT2D eigenvalue weighted by atomic mass is 16.2. The molecule has 2 aliphatic rings. The highest BCUT2D eigenvalue weighted by Gasteiger charge is 2.31. The minimum Gasteiger partial charge on any atom is -0.342 e. The Morgan fingerprint density at radius 1 is 1.10 bits per heavy atom. The summed E-state index contributed by atoms with van der Waals surface area (Å²) in [4.78, 5) is 17.2. The van der Waals surface area contributed by atoms with Gasteiger partial charge in [0.05, 0.1) is 0 Å². The molecule has 1 unspecified atom stereocenters. The third kappa shape index (κ3) is 3.13. The fraction of sp³-hybridized carbons (Fsp3) is 0.611. The molecule has 1 heterocycles. The summed E-state index contributed by atoms with van der Waals surface area (Å²) in [6.07, 6.45) is 5.32. The van der Waals surface area contributed by atoms with Gasteiger partial charge in [0.2, 0.25) is 5.91 Å². The molecule has 3 nitrogen and oxygen atoms in total. The Labute approximate surface area is 127 Å². The summed E-state index contributed by atoms with van der Waals surface area (Å²) in [5.41, 5.74) is 2.74. The summed E-state index contributed by atoms with van der Waals surface area (Å²) in [5, 5.41) is 0. The van der Waals surface area contributed by atoms with Crippen molar-refractivity contribution < 1.29 is 4.79 Å². The molecule has 1 amide bonds. The van der Waals surface area contributed by atoms with Gasteiger partial charge < -0.3 is 9.80 Å². The molecule has 0 spiro atoms. The summed E-state index contributed by atoms with van der Waals surface area (Å²) in [5.74, 6) is 0.559. The van der Waals surface area contributed by atoms with Gasteiger partial charge in [-0.05, 0) is 57.3 Å². The van der Waals surface area contributed by atoms with Gasteiger partial charge in [-0.15, -0.1) is 0 Å². The summed E-state index contributed by atoms with van der Waals surface area (Å²) >= 11 is 0. The van der Waals surface area contributed by atoms with Crippen molar-refractivity contribution in [2.75, 3.05) is 27.2 Å². The maximum atomic E-state index is 12.8. The second kappa shape index (κ2) is 6.18. The van der Waals surface area contributed by atoms with Gasteiger partial charge in [-0.3, -0.25) is 4.79 Å². The van der Waals surface area contributed by atoms with Crippen LogP contribution in [0.25, 0.3) is 0 Å². The molecule has 21 heavy (non-hydrogen) atoms. The monoisotopic (exact) mass is 286 g/mol. The van der Waals surface area contributed by atoms with Crippen molar-refractivity contribution in [1.29, 1.82) is 0 Å². The summed E-state index contributed by atoms with van der Waals surface area (Å²) in [7, 11) is 4.30. The second-order valence-electron chi connectivity index (χ2n) is 6.75. The molecule has 3 rings (SSSR count). The Morgan fingerprint density at radius 2 is 1.76 bits per heavy atom. The van der Waals surface area contributed by atoms with Crippen LogP contribution in [0.2, 0.25) is 0 Å². The molecular weight excluding hydrogens is 260 g/mol. The van der Waals surface area contributed by atoms with Crippen LogP contribution in [0.15, 0.2) is 24.3 Å². The standard InChI is InChI=1S/C18H26N2O/c1-19(2)17-8-5-10-20(11-9-17)18(21)16-12-14-6-3-4-7-15(14)13-16/h3-4,6-7,16-17H,5,8-13H2,1-2H3. The van der Waals surface area contributed by atoms with Crippen LogP contribution in [-0.2, 0) is 17.6 Å². The lowest BCUT2D eigenvalue weighted by molar-refractivity contribution is -0.135. The molecule has 0 aromatic heterocycles. The van der Waals surface area contributed by atoms with E-state index in [1.54, 1.807) is 0 Å². The molecule has 1 saturated heterocycles. The zero-order chi connectivity index (χ0) is 14.8. The number of carbonyl (C=O) groups is 1. The molecular formula is C18H26N2O. The van der Waals surface area contributed by atoms with E-state index < -0.39 is 0 Å². The molecule has 1 aromatic rings. The molecule has 0 N–H and O–H groups in total. The molecule has 1 aliphatic carbocycles. The van der Waals surface area contributed by atoms with E-state index in [0.717, 1.165) is 38.8 Å². The van der Waals surface area contributed by atoms with Crippen LogP contribution in [0.4, 0.5) is 0 Å². The normalized spacial score (nSPS) is 23.2. The molecule has 1 fully saturated rings. The Balaban J connectivity index is 1.62. The Kier molecular flexibility index (Phi) is 4.29. The van der Waals surface area contributed by atoms with Crippen molar-refractivity contribution in [3.63, 3.8) is 0 Å². The van der Waals surface area contributed by atoms with Gasteiger partial charge in [-0.1, -0.05) is 24.3 Å². The predicted molar refractivity (Wildman–Crippen MR) is 85.2 cm³/mol. The first kappa shape index (κ1) is 14.6. The molecule has 0 radical (unpaired) electrons. The molecule has 114 valence electrons. The van der Waals surface area contributed by atoms with Crippen LogP contribution in [0.3, 0.4) is 0 Å². The first-order chi connectivity index (χ1) is 10.1. The quantitative estimate of drug-likeness (QED) is 0.833. The largest absolute Gasteiger partial charge is 0.342 e. The highest BCUT2D eigenvalue weighted by molar-refractivity contribution is 5.80. The van der Waals surface area contributed by atoms with Gasteiger partial charge in [-0.25, -0.2) is 0 Å². The zero-order valence-electron chi connectivity index (χ0n) is 13.2. The average Bonchev–Trinajstić information content (AvgIpc) is 2.75. The van der Waals surface area contributed by atoms with Crippen molar-refractivity contribution in [2.24, 2.45) is 5.92 Å². The third-order valence-electron chi connectivity index (χ3n) is 5.14. The van der Waals surface area contributed by atoms with Gasteiger partial charge in [0, 0.05) is 25.0 Å². The fourth-order valence-electron chi connectivity index (χ4n) is 3.81. The second-order valence-corrected chi connectivity index (χ2v) is 6.75. The molecule has 1 atom stereocenters. The van der Waals surface area contributed by atoms with Crippen molar-refractivity contribution in [1.82, 2.24) is 9.80 Å². The summed E-state index contributed by atoms with van der Waals surface area (Å²) < 4.78 is 0. The number of hydrogen-bond acceptors (Lipinski definition) is 2. The predicted octanol–water partition coefficient (Wildman–Crippen LogP) is 2.34. The zero-order valence-corrected chi connectivity index (χ0v) is 13.2. The van der Waals surface area contributed by atoms with E-state index >= 15 is 0 Å². The van der Waals surface area contributed by atoms with E-state index in [2.05, 4.69) is 48.2 Å². The van der Waals surface area contributed by atoms with Crippen LogP contribution >= 0.6 is 0 Å². The Morgan fingerprint density at radius 3 is 2.38 bits per heavy atom. The molecule has 0 saturated carbocycles. The molecule has 0 bridgehead atoms. The number of rotatable bonds is 2. The molecule has 1 aromatic carbocycles. The highest BCUT2D eigenvalue weighted by Crippen LogP contribution is 2.28. The number of benzene rings is 1. The number of nitrogens with zero attached hydrogens (tertiary/aromatic N) is 2. The van der Waals surface area contributed by atoms with Crippen LogP contribution in [0.1, 0.15) is 30.4 Å². The number of hydrogen-bond donors (Lipinski definition) is 0. The van der Waals surface area contributed by atoms with Crippen LogP contribution in [0.5, 0.6) is 0 Å². The van der Waals surface area contributed by atoms with E-state index in [0.29, 0.717) is 11.9 Å². The summed E-state index contributed by atoms with van der Waals surface area (Å²) in [6, 6.07) is 9.14. The maximum absolute atomic E-state index is 12.8. The molecule has 1 aliphatic heterocycles. The topological polar surface area (TPSA) is 23.6 Å². The van der Waals surface area contributed by atoms with E-state index in [9.17, 15) is 4.79 Å². The van der Waals surface area contributed by atoms with Gasteiger partial charge in [0.15, 0.2) is 0 Å². The van der Waals surface area contributed by atoms with Gasteiger partial charge in [-0.2, -0.15) is 0 Å². The number of carbonyl (C=O) groups excluding carboxylic acids is 1. The third-order valence-corrected chi connectivity index (χ3v) is 5.14. The minimum atomic E-state index is 0.179. The number of fused-ring (bicyclic) bond motifs is 1. The lowest BCUT2D eigenvalue weighted by Gasteiger charge is -2.25. The number of amides is 1. The number of likely N-dealkylation sites (tertiary alicyclic amines) is 1. The molecule has 3 heteroatoms. The van der Waals surface area contributed by atoms with Gasteiger partial charge in [0.25, 0.3) is 0 Å². The minimum absolute atomic E-state index is 0.179. The van der Waals surface area contributed by atoms with E-state index in [4.69, 9.17) is 0 Å². The summed E-state index contributed by atoms with van der Waals surface area (Å²) in [6.45, 7) is 1.87. The van der Waals surface area contributed by atoms with E-state index in [1.807, 2.05) is 0 Å². The lowest BCUT2D eigenvalue weighted by Crippen LogP contribution is -2.38. The van der Waals surface area contributed by atoms with Crippen molar-refractivity contribution in [3.05, 3.63) is 35.4 Å².